The van der Waals surface area contributed by atoms with Crippen LogP contribution in [0.25, 0.3) is 0 Å². The molecule has 2 atom stereocenters. The molecule has 1 aromatic heterocycles. The fraction of sp³-hybridized carbons (Fsp3) is 0.538. The molecule has 0 aromatic carbocycles. The van der Waals surface area contributed by atoms with Crippen molar-refractivity contribution in [2.75, 3.05) is 6.54 Å². The lowest BCUT2D eigenvalue weighted by molar-refractivity contribution is -0.121. The maximum absolute atomic E-state index is 11.5. The quantitative estimate of drug-likeness (QED) is 0.823. The second-order valence-corrected chi connectivity index (χ2v) is 4.89. The van der Waals surface area contributed by atoms with E-state index in [1.54, 1.807) is 0 Å². The van der Waals surface area contributed by atoms with Crippen LogP contribution in [0.2, 0.25) is 0 Å². The van der Waals surface area contributed by atoms with Gasteiger partial charge in [0.15, 0.2) is 0 Å². The number of nitrogens with zero attached hydrogens (tertiary/aromatic N) is 2. The van der Waals surface area contributed by atoms with Gasteiger partial charge in [-0.05, 0) is 25.0 Å². The summed E-state index contributed by atoms with van der Waals surface area (Å²) in [5.74, 6) is 0.197. The lowest BCUT2D eigenvalue weighted by Crippen LogP contribution is -2.37. The Hall–Kier alpha value is -1.42. The van der Waals surface area contributed by atoms with Gasteiger partial charge in [0.1, 0.15) is 0 Å². The van der Waals surface area contributed by atoms with Gasteiger partial charge >= 0.3 is 0 Å². The predicted octanol–water partition coefficient (Wildman–Crippen LogP) is 0.934. The molecule has 3 heterocycles. The number of nitrogens with one attached hydrogen (secondary N) is 1. The molecular weight excluding hydrogens is 214 g/mol. The van der Waals surface area contributed by atoms with Crippen LogP contribution >= 0.6 is 0 Å². The second-order valence-electron chi connectivity index (χ2n) is 4.89. The van der Waals surface area contributed by atoms with Gasteiger partial charge in [0.05, 0.1) is 5.69 Å². The molecule has 1 amide bonds. The molecule has 17 heavy (non-hydrogen) atoms. The van der Waals surface area contributed by atoms with Crippen LogP contribution in [0.1, 0.15) is 25.0 Å². The number of carbonyl (C=O) groups excluding carboxylic acids is 1. The van der Waals surface area contributed by atoms with Crippen LogP contribution in [-0.4, -0.2) is 34.4 Å². The number of aromatic nitrogens is 1. The van der Waals surface area contributed by atoms with Crippen molar-refractivity contribution < 1.29 is 4.79 Å². The van der Waals surface area contributed by atoms with Crippen LogP contribution in [-0.2, 0) is 11.3 Å². The Labute approximate surface area is 101 Å². The molecule has 0 saturated carbocycles. The minimum absolute atomic E-state index is 0.197. The van der Waals surface area contributed by atoms with Crippen molar-refractivity contribution >= 4 is 5.91 Å². The van der Waals surface area contributed by atoms with E-state index in [2.05, 4.69) is 21.3 Å². The number of hydrogen-bond acceptors (Lipinski definition) is 3. The third-order valence-corrected chi connectivity index (χ3v) is 3.80. The molecule has 0 radical (unpaired) electrons. The van der Waals surface area contributed by atoms with Crippen molar-refractivity contribution in [3.05, 3.63) is 30.1 Å². The number of pyridine rings is 1. The van der Waals surface area contributed by atoms with E-state index in [-0.39, 0.29) is 5.91 Å². The van der Waals surface area contributed by atoms with E-state index >= 15 is 0 Å². The monoisotopic (exact) mass is 231 g/mol. The van der Waals surface area contributed by atoms with Crippen LogP contribution in [0.5, 0.6) is 0 Å². The van der Waals surface area contributed by atoms with E-state index in [4.69, 9.17) is 0 Å². The maximum atomic E-state index is 11.5. The zero-order chi connectivity index (χ0) is 11.7. The van der Waals surface area contributed by atoms with E-state index in [0.29, 0.717) is 18.5 Å². The van der Waals surface area contributed by atoms with Crippen molar-refractivity contribution in [3.8, 4) is 0 Å². The summed E-state index contributed by atoms with van der Waals surface area (Å²) in [6.07, 6.45) is 4.81. The molecule has 2 fully saturated rings. The van der Waals surface area contributed by atoms with Crippen molar-refractivity contribution in [1.29, 1.82) is 0 Å². The smallest absolute Gasteiger partial charge is 0.221 e. The van der Waals surface area contributed by atoms with Gasteiger partial charge in [0, 0.05) is 37.8 Å². The minimum Gasteiger partial charge on any atom is -0.354 e. The summed E-state index contributed by atoms with van der Waals surface area (Å²) < 4.78 is 0. The van der Waals surface area contributed by atoms with Gasteiger partial charge in [-0.3, -0.25) is 14.7 Å². The average molecular weight is 231 g/mol. The van der Waals surface area contributed by atoms with Crippen LogP contribution in [0, 0.1) is 0 Å². The molecule has 1 aromatic rings. The first kappa shape index (κ1) is 10.7. The zero-order valence-electron chi connectivity index (χ0n) is 9.80. The summed E-state index contributed by atoms with van der Waals surface area (Å²) in [6, 6.07) is 6.91. The number of carbonyl (C=O) groups is 1. The van der Waals surface area contributed by atoms with Crippen molar-refractivity contribution in [2.24, 2.45) is 0 Å². The van der Waals surface area contributed by atoms with Crippen LogP contribution in [0.3, 0.4) is 0 Å². The average Bonchev–Trinajstić information content (AvgIpc) is 2.62. The molecule has 1 N–H and O–H groups in total. The van der Waals surface area contributed by atoms with E-state index in [0.717, 1.165) is 25.2 Å². The molecule has 0 aliphatic carbocycles. The highest BCUT2D eigenvalue weighted by Gasteiger charge is 2.37. The Bertz CT molecular complexity index is 406. The highest BCUT2D eigenvalue weighted by Crippen LogP contribution is 2.29. The fourth-order valence-corrected chi connectivity index (χ4v) is 2.91. The molecule has 90 valence electrons. The summed E-state index contributed by atoms with van der Waals surface area (Å²) in [5.41, 5.74) is 1.10. The van der Waals surface area contributed by atoms with E-state index in [9.17, 15) is 4.79 Å². The van der Waals surface area contributed by atoms with E-state index in [1.165, 1.54) is 6.42 Å². The first-order chi connectivity index (χ1) is 8.33. The summed E-state index contributed by atoms with van der Waals surface area (Å²) in [5, 5.41) is 2.99. The highest BCUT2D eigenvalue weighted by molar-refractivity contribution is 5.77. The number of rotatable bonds is 2. The fourth-order valence-electron chi connectivity index (χ4n) is 2.91. The molecule has 3 rings (SSSR count). The molecule has 2 aliphatic heterocycles. The van der Waals surface area contributed by atoms with Gasteiger partial charge < -0.3 is 5.32 Å². The van der Waals surface area contributed by atoms with Crippen molar-refractivity contribution in [2.45, 2.75) is 37.9 Å². The van der Waals surface area contributed by atoms with E-state index in [1.807, 2.05) is 18.3 Å². The van der Waals surface area contributed by atoms with Gasteiger partial charge in [-0.1, -0.05) is 6.07 Å². The lowest BCUT2D eigenvalue weighted by Gasteiger charge is -2.26. The Morgan fingerprint density at radius 2 is 2.24 bits per heavy atom. The number of fused-ring (bicyclic) bond motifs is 2. The van der Waals surface area contributed by atoms with Crippen LogP contribution < -0.4 is 5.32 Å². The molecule has 2 bridgehead atoms. The largest absolute Gasteiger partial charge is 0.354 e. The third-order valence-electron chi connectivity index (χ3n) is 3.80. The van der Waals surface area contributed by atoms with Gasteiger partial charge in [0.25, 0.3) is 0 Å². The SMILES string of the molecule is O=C1C[C@@H]2CC[C@H](CN1)N2Cc1ccccn1. The summed E-state index contributed by atoms with van der Waals surface area (Å²) in [7, 11) is 0. The highest BCUT2D eigenvalue weighted by atomic mass is 16.1. The first-order valence-corrected chi connectivity index (χ1v) is 6.25. The van der Waals surface area contributed by atoms with E-state index < -0.39 is 0 Å². The Kier molecular flexibility index (Phi) is 2.81. The molecule has 2 saturated heterocycles. The molecule has 0 spiro atoms. The van der Waals surface area contributed by atoms with Crippen LogP contribution in [0.15, 0.2) is 24.4 Å². The molecule has 2 aliphatic rings. The summed E-state index contributed by atoms with van der Waals surface area (Å²) in [6.45, 7) is 1.66. The summed E-state index contributed by atoms with van der Waals surface area (Å²) >= 11 is 0. The van der Waals surface area contributed by atoms with Gasteiger partial charge in [0.2, 0.25) is 5.91 Å². The van der Waals surface area contributed by atoms with Crippen LogP contribution in [0.4, 0.5) is 0 Å². The topological polar surface area (TPSA) is 45.2 Å². The molecule has 0 unspecified atom stereocenters. The number of hydrogen-bond donors (Lipinski definition) is 1. The molecule has 4 heteroatoms. The van der Waals surface area contributed by atoms with Crippen molar-refractivity contribution in [1.82, 2.24) is 15.2 Å². The molecule has 4 nitrogen and oxygen atoms in total. The Balaban J connectivity index is 1.76. The second kappa shape index (κ2) is 4.45. The van der Waals surface area contributed by atoms with Gasteiger partial charge in [-0.25, -0.2) is 0 Å². The van der Waals surface area contributed by atoms with Gasteiger partial charge in [-0.15, -0.1) is 0 Å². The third kappa shape index (κ3) is 2.17. The zero-order valence-corrected chi connectivity index (χ0v) is 9.80. The Morgan fingerprint density at radius 1 is 1.35 bits per heavy atom. The normalized spacial score (nSPS) is 28.8. The summed E-state index contributed by atoms with van der Waals surface area (Å²) in [4.78, 5) is 18.3. The lowest BCUT2D eigenvalue weighted by atomic mass is 10.1. The standard InChI is InChI=1S/C13H17N3O/c17-13-7-11-4-5-12(8-15-13)16(11)9-10-3-1-2-6-14-10/h1-3,6,11-12H,4-5,7-9H2,(H,15,17)/t11-,12+/m0/s1. The maximum Gasteiger partial charge on any atom is 0.221 e. The molecular formula is C13H17N3O. The van der Waals surface area contributed by atoms with Gasteiger partial charge in [-0.2, -0.15) is 0 Å². The van der Waals surface area contributed by atoms with Crippen molar-refractivity contribution in [3.63, 3.8) is 0 Å². The minimum atomic E-state index is 0.197. The number of amides is 1. The Morgan fingerprint density at radius 3 is 3.06 bits per heavy atom. The first-order valence-electron chi connectivity index (χ1n) is 6.25. The predicted molar refractivity (Wildman–Crippen MR) is 64.2 cm³/mol.